The molecule has 24 heavy (non-hydrogen) atoms. The van der Waals surface area contributed by atoms with E-state index in [0.717, 1.165) is 34.6 Å². The van der Waals surface area contributed by atoms with E-state index in [4.69, 9.17) is 11.6 Å². The first-order valence-electron chi connectivity index (χ1n) is 6.47. The Morgan fingerprint density at radius 3 is 2.71 bits per heavy atom. The van der Waals surface area contributed by atoms with E-state index in [9.17, 15) is 23.1 Å². The number of hydrogen-bond acceptors (Lipinski definition) is 5. The number of aromatic nitrogens is 2. The van der Waals surface area contributed by atoms with Crippen molar-refractivity contribution < 1.29 is 32.3 Å². The molecule has 0 spiro atoms. The molecule has 1 amide bonds. The summed E-state index contributed by atoms with van der Waals surface area (Å²) in [5.41, 5.74) is -1.10. The monoisotopic (exact) mass is 381 g/mol. The summed E-state index contributed by atoms with van der Waals surface area (Å²) in [6.07, 6.45) is -4.56. The Bertz CT molecular complexity index is 747. The minimum absolute atomic E-state index is 0.0337. The number of aryl methyl sites for hydroxylation is 1. The van der Waals surface area contributed by atoms with Crippen LogP contribution in [0.3, 0.4) is 0 Å². The quantitative estimate of drug-likeness (QED) is 0.649. The van der Waals surface area contributed by atoms with Crippen molar-refractivity contribution in [2.45, 2.75) is 23.4 Å². The standard InChI is InChI=1S/C13H11ClF3N3O3S/c1-6(24-11-12(22)23-19-20(11)2)10(21)18-9-5-7(13(15,16)17)3-4-8(9)14/h3-6H,1-2H3,(H-,18,19,21,22). The van der Waals surface area contributed by atoms with Crippen LogP contribution in [0, 0.1) is 0 Å². The van der Waals surface area contributed by atoms with Gasteiger partial charge in [-0.2, -0.15) is 13.2 Å². The van der Waals surface area contributed by atoms with Gasteiger partial charge in [0.2, 0.25) is 5.91 Å². The predicted molar refractivity (Wildman–Crippen MR) is 77.5 cm³/mol. The minimum Gasteiger partial charge on any atom is -0.538 e. The summed E-state index contributed by atoms with van der Waals surface area (Å²) in [5.74, 6) is -1.33. The molecule has 0 radical (unpaired) electrons. The Hall–Kier alpha value is -1.94. The zero-order valence-electron chi connectivity index (χ0n) is 12.3. The molecule has 130 valence electrons. The second-order valence-electron chi connectivity index (χ2n) is 4.73. The Kier molecular flexibility index (Phi) is 5.29. The predicted octanol–water partition coefficient (Wildman–Crippen LogP) is 2.36. The van der Waals surface area contributed by atoms with Gasteiger partial charge in [-0.1, -0.05) is 16.3 Å². The molecule has 2 aromatic rings. The lowest BCUT2D eigenvalue weighted by Gasteiger charge is -2.13. The molecular weight excluding hydrogens is 371 g/mol. The van der Waals surface area contributed by atoms with Crippen LogP contribution in [0.4, 0.5) is 18.9 Å². The van der Waals surface area contributed by atoms with E-state index in [-0.39, 0.29) is 15.7 Å². The average Bonchev–Trinajstić information content (AvgIpc) is 2.80. The smallest absolute Gasteiger partial charge is 0.416 e. The number of anilines is 1. The second-order valence-corrected chi connectivity index (χ2v) is 6.47. The number of nitrogens with one attached hydrogen (secondary N) is 1. The summed E-state index contributed by atoms with van der Waals surface area (Å²) in [4.78, 5) is 12.1. The molecule has 0 saturated heterocycles. The van der Waals surface area contributed by atoms with Gasteiger partial charge >= 0.3 is 6.18 Å². The van der Waals surface area contributed by atoms with E-state index in [2.05, 4.69) is 15.1 Å². The Morgan fingerprint density at radius 2 is 2.17 bits per heavy atom. The molecule has 0 bridgehead atoms. The van der Waals surface area contributed by atoms with Gasteiger partial charge in [-0.05, 0) is 36.9 Å². The maximum Gasteiger partial charge on any atom is 0.416 e. The van der Waals surface area contributed by atoms with Crippen molar-refractivity contribution in [1.29, 1.82) is 0 Å². The number of carbonyl (C=O) groups is 1. The lowest BCUT2D eigenvalue weighted by molar-refractivity contribution is -0.772. The fourth-order valence-electron chi connectivity index (χ4n) is 1.68. The maximum atomic E-state index is 12.7. The number of nitrogens with zero attached hydrogens (tertiary/aromatic N) is 2. The number of halogens is 4. The first-order chi connectivity index (χ1) is 11.1. The zero-order valence-corrected chi connectivity index (χ0v) is 13.9. The Morgan fingerprint density at radius 1 is 1.50 bits per heavy atom. The average molecular weight is 382 g/mol. The number of rotatable bonds is 4. The topological polar surface area (TPSA) is 82.1 Å². The summed E-state index contributed by atoms with van der Waals surface area (Å²) < 4.78 is 43.8. The second kappa shape index (κ2) is 6.89. The van der Waals surface area contributed by atoms with Crippen molar-refractivity contribution in [3.05, 3.63) is 28.8 Å². The molecule has 1 atom stereocenters. The minimum atomic E-state index is -4.56. The lowest BCUT2D eigenvalue weighted by Crippen LogP contribution is -2.33. The van der Waals surface area contributed by atoms with Gasteiger partial charge < -0.3 is 14.9 Å². The number of alkyl halides is 3. The van der Waals surface area contributed by atoms with Crippen molar-refractivity contribution in [3.63, 3.8) is 0 Å². The largest absolute Gasteiger partial charge is 0.538 e. The highest BCUT2D eigenvalue weighted by molar-refractivity contribution is 8.00. The summed E-state index contributed by atoms with van der Waals surface area (Å²) >= 11 is 6.68. The first-order valence-corrected chi connectivity index (χ1v) is 7.72. The van der Waals surface area contributed by atoms with Gasteiger partial charge in [0.25, 0.3) is 5.03 Å². The lowest BCUT2D eigenvalue weighted by atomic mass is 10.2. The number of carbonyl (C=O) groups excluding carboxylic acids is 1. The zero-order chi connectivity index (χ0) is 18.1. The summed E-state index contributed by atoms with van der Waals surface area (Å²) in [5, 5.41) is 16.4. The highest BCUT2D eigenvalue weighted by Gasteiger charge is 2.31. The van der Waals surface area contributed by atoms with Crippen LogP contribution in [0.25, 0.3) is 0 Å². The van der Waals surface area contributed by atoms with Crippen LogP contribution in [0.15, 0.2) is 27.7 Å². The van der Waals surface area contributed by atoms with E-state index < -0.39 is 28.8 Å². The van der Waals surface area contributed by atoms with Gasteiger partial charge in [0.1, 0.15) is 0 Å². The van der Waals surface area contributed by atoms with Gasteiger partial charge in [0, 0.05) is 0 Å². The highest BCUT2D eigenvalue weighted by Crippen LogP contribution is 2.34. The van der Waals surface area contributed by atoms with Gasteiger partial charge in [-0.3, -0.25) is 4.79 Å². The van der Waals surface area contributed by atoms with Crippen molar-refractivity contribution >= 4 is 35.0 Å². The molecule has 1 unspecified atom stereocenters. The molecule has 2 rings (SSSR count). The van der Waals surface area contributed by atoms with Gasteiger partial charge in [0.15, 0.2) is 13.0 Å². The Balaban J connectivity index is 2.14. The molecule has 0 fully saturated rings. The molecule has 0 aliphatic heterocycles. The molecule has 11 heteroatoms. The molecule has 1 aromatic heterocycles. The van der Waals surface area contributed by atoms with E-state index >= 15 is 0 Å². The molecule has 1 N–H and O–H groups in total. The van der Waals surface area contributed by atoms with Gasteiger partial charge in [0.05, 0.1) is 26.8 Å². The van der Waals surface area contributed by atoms with Crippen molar-refractivity contribution in [3.8, 4) is 5.95 Å². The van der Waals surface area contributed by atoms with Crippen LogP contribution in [0.5, 0.6) is 5.95 Å². The van der Waals surface area contributed by atoms with Crippen LogP contribution in [-0.4, -0.2) is 16.4 Å². The molecule has 0 aliphatic carbocycles. The molecular formula is C13H11ClF3N3O3S. The van der Waals surface area contributed by atoms with Crippen LogP contribution >= 0.6 is 23.4 Å². The van der Waals surface area contributed by atoms with Crippen LogP contribution in [0.1, 0.15) is 12.5 Å². The molecule has 1 heterocycles. The van der Waals surface area contributed by atoms with Crippen molar-refractivity contribution in [2.75, 3.05) is 5.32 Å². The number of thioether (sulfide) groups is 1. The third-order valence-corrected chi connectivity index (χ3v) is 4.48. The highest BCUT2D eigenvalue weighted by atomic mass is 35.5. The molecule has 0 saturated carbocycles. The fraction of sp³-hybridized carbons (Fsp3) is 0.308. The van der Waals surface area contributed by atoms with E-state index in [1.54, 1.807) is 0 Å². The maximum absolute atomic E-state index is 12.7. The van der Waals surface area contributed by atoms with E-state index in [1.807, 2.05) is 0 Å². The van der Waals surface area contributed by atoms with Crippen LogP contribution in [0.2, 0.25) is 5.02 Å². The molecule has 1 aromatic carbocycles. The van der Waals surface area contributed by atoms with E-state index in [1.165, 1.54) is 14.0 Å². The summed E-state index contributed by atoms with van der Waals surface area (Å²) in [6.45, 7) is 1.48. The molecule has 0 aliphatic rings. The third kappa shape index (κ3) is 4.12. The molecule has 6 nitrogen and oxygen atoms in total. The summed E-state index contributed by atoms with van der Waals surface area (Å²) in [7, 11) is 1.46. The third-order valence-electron chi connectivity index (χ3n) is 2.92. The van der Waals surface area contributed by atoms with Crippen molar-refractivity contribution in [1.82, 2.24) is 5.27 Å². The SMILES string of the molecule is CC(Sc1c([O-])on[n+]1C)C(=O)Nc1cc(C(F)(F)F)ccc1Cl. The summed E-state index contributed by atoms with van der Waals surface area (Å²) in [6, 6.07) is 2.61. The van der Waals surface area contributed by atoms with Crippen molar-refractivity contribution in [2.24, 2.45) is 7.05 Å². The number of benzene rings is 1. The number of amides is 1. The number of hydrogen-bond donors (Lipinski definition) is 1. The van der Waals surface area contributed by atoms with Crippen LogP contribution in [-0.2, 0) is 18.0 Å². The Labute approximate surface area is 143 Å². The normalized spacial score (nSPS) is 12.9. The first kappa shape index (κ1) is 18.4. The van der Waals surface area contributed by atoms with Gasteiger partial charge in [-0.25, -0.2) is 0 Å². The van der Waals surface area contributed by atoms with E-state index in [0.29, 0.717) is 0 Å². The van der Waals surface area contributed by atoms with Gasteiger partial charge in [-0.15, -0.1) is 0 Å². The fourth-order valence-corrected chi connectivity index (χ4v) is 2.67. The van der Waals surface area contributed by atoms with Crippen LogP contribution < -0.4 is 15.1 Å².